The first kappa shape index (κ1) is 17.2. The third-order valence-corrected chi connectivity index (χ3v) is 5.44. The Balaban J connectivity index is 1.78. The van der Waals surface area contributed by atoms with E-state index in [1.54, 1.807) is 25.6 Å². The number of ether oxygens (including phenoxy) is 2. The van der Waals surface area contributed by atoms with Gasteiger partial charge in [0.15, 0.2) is 0 Å². The van der Waals surface area contributed by atoms with Crippen molar-refractivity contribution in [2.75, 3.05) is 27.4 Å². The summed E-state index contributed by atoms with van der Waals surface area (Å²) in [7, 11) is 3.30. The minimum atomic E-state index is 0.225. The molecule has 5 nitrogen and oxygen atoms in total. The zero-order valence-electron chi connectivity index (χ0n) is 14.2. The van der Waals surface area contributed by atoms with Crippen molar-refractivity contribution in [3.63, 3.8) is 0 Å². The Hall–Kier alpha value is -1.63. The fourth-order valence-electron chi connectivity index (χ4n) is 3.16. The van der Waals surface area contributed by atoms with Gasteiger partial charge in [0.25, 0.3) is 0 Å². The van der Waals surface area contributed by atoms with Crippen LogP contribution in [-0.4, -0.2) is 48.4 Å². The van der Waals surface area contributed by atoms with Crippen LogP contribution >= 0.6 is 11.3 Å². The van der Waals surface area contributed by atoms with Gasteiger partial charge < -0.3 is 14.6 Å². The Morgan fingerprint density at radius 2 is 2.17 bits per heavy atom. The molecule has 3 rings (SSSR count). The SMILES string of the molecule is COc1ccc(-c2nc(CN3CCCCC3CO)cs2)c(OC)c1. The summed E-state index contributed by atoms with van der Waals surface area (Å²) in [6.45, 7) is 2.05. The maximum Gasteiger partial charge on any atom is 0.132 e. The Labute approximate surface area is 146 Å². The van der Waals surface area contributed by atoms with Gasteiger partial charge >= 0.3 is 0 Å². The van der Waals surface area contributed by atoms with Gasteiger partial charge in [-0.15, -0.1) is 11.3 Å². The number of aliphatic hydroxyl groups is 1. The van der Waals surface area contributed by atoms with Gasteiger partial charge in [-0.2, -0.15) is 0 Å². The summed E-state index contributed by atoms with van der Waals surface area (Å²) in [6, 6.07) is 6.05. The van der Waals surface area contributed by atoms with Gasteiger partial charge in [0.1, 0.15) is 16.5 Å². The Morgan fingerprint density at radius 3 is 2.92 bits per heavy atom. The van der Waals surface area contributed by atoms with Crippen molar-refractivity contribution >= 4 is 11.3 Å². The summed E-state index contributed by atoms with van der Waals surface area (Å²) in [5.41, 5.74) is 2.03. The van der Waals surface area contributed by atoms with Gasteiger partial charge in [-0.25, -0.2) is 4.98 Å². The number of aromatic nitrogens is 1. The highest BCUT2D eigenvalue weighted by molar-refractivity contribution is 7.13. The van der Waals surface area contributed by atoms with Gasteiger partial charge in [0, 0.05) is 24.0 Å². The Kier molecular flexibility index (Phi) is 5.71. The Morgan fingerprint density at radius 1 is 1.29 bits per heavy atom. The van der Waals surface area contributed by atoms with E-state index in [0.29, 0.717) is 0 Å². The lowest BCUT2D eigenvalue weighted by atomic mass is 10.0. The fourth-order valence-corrected chi connectivity index (χ4v) is 4.00. The van der Waals surface area contributed by atoms with E-state index in [9.17, 15) is 5.11 Å². The second-order valence-electron chi connectivity index (χ2n) is 6.01. The molecule has 24 heavy (non-hydrogen) atoms. The first-order chi connectivity index (χ1) is 11.7. The predicted molar refractivity (Wildman–Crippen MR) is 95.8 cm³/mol. The minimum Gasteiger partial charge on any atom is -0.497 e. The first-order valence-corrected chi connectivity index (χ1v) is 9.15. The monoisotopic (exact) mass is 348 g/mol. The lowest BCUT2D eigenvalue weighted by molar-refractivity contribution is 0.0832. The summed E-state index contributed by atoms with van der Waals surface area (Å²) in [4.78, 5) is 7.12. The van der Waals surface area contributed by atoms with Crippen LogP contribution in [0.2, 0.25) is 0 Å². The molecule has 1 aromatic carbocycles. The lowest BCUT2D eigenvalue weighted by Gasteiger charge is -2.33. The molecule has 2 heterocycles. The molecule has 0 bridgehead atoms. The van der Waals surface area contributed by atoms with E-state index in [1.165, 1.54) is 12.8 Å². The number of piperidine rings is 1. The lowest BCUT2D eigenvalue weighted by Crippen LogP contribution is -2.41. The molecule has 0 aliphatic carbocycles. The van der Waals surface area contributed by atoms with E-state index in [-0.39, 0.29) is 12.6 Å². The van der Waals surface area contributed by atoms with Gasteiger partial charge in [0.05, 0.1) is 32.1 Å². The molecule has 1 aliphatic rings. The summed E-state index contributed by atoms with van der Waals surface area (Å²) >= 11 is 1.62. The van der Waals surface area contributed by atoms with E-state index in [1.807, 2.05) is 18.2 Å². The largest absolute Gasteiger partial charge is 0.497 e. The van der Waals surface area contributed by atoms with Crippen molar-refractivity contribution in [3.8, 4) is 22.1 Å². The highest BCUT2D eigenvalue weighted by Crippen LogP contribution is 2.35. The molecule has 1 fully saturated rings. The molecule has 1 unspecified atom stereocenters. The van der Waals surface area contributed by atoms with Crippen LogP contribution < -0.4 is 9.47 Å². The highest BCUT2D eigenvalue weighted by atomic mass is 32.1. The highest BCUT2D eigenvalue weighted by Gasteiger charge is 2.22. The number of aliphatic hydroxyl groups excluding tert-OH is 1. The van der Waals surface area contributed by atoms with Crippen molar-refractivity contribution in [2.24, 2.45) is 0 Å². The molecule has 1 N–H and O–H groups in total. The van der Waals surface area contributed by atoms with Crippen LogP contribution in [0.15, 0.2) is 23.6 Å². The molecular weight excluding hydrogens is 324 g/mol. The van der Waals surface area contributed by atoms with E-state index >= 15 is 0 Å². The summed E-state index contributed by atoms with van der Waals surface area (Å²) in [6.07, 6.45) is 3.46. The molecule has 1 saturated heterocycles. The number of hydrogen-bond donors (Lipinski definition) is 1. The topological polar surface area (TPSA) is 54.8 Å². The van der Waals surface area contributed by atoms with Crippen molar-refractivity contribution < 1.29 is 14.6 Å². The van der Waals surface area contributed by atoms with Gasteiger partial charge in [0.2, 0.25) is 0 Å². The van der Waals surface area contributed by atoms with E-state index in [2.05, 4.69) is 10.3 Å². The van der Waals surface area contributed by atoms with E-state index in [0.717, 1.165) is 47.3 Å². The average Bonchev–Trinajstić information content (AvgIpc) is 3.09. The fraction of sp³-hybridized carbons (Fsp3) is 0.500. The number of likely N-dealkylation sites (tertiary alicyclic amines) is 1. The molecule has 2 aromatic rings. The maximum absolute atomic E-state index is 9.55. The van der Waals surface area contributed by atoms with Gasteiger partial charge in [-0.3, -0.25) is 4.90 Å². The van der Waals surface area contributed by atoms with Crippen LogP contribution in [0.25, 0.3) is 10.6 Å². The van der Waals surface area contributed by atoms with Crippen LogP contribution in [0.3, 0.4) is 0 Å². The van der Waals surface area contributed by atoms with Crippen LogP contribution in [0.5, 0.6) is 11.5 Å². The molecule has 0 amide bonds. The zero-order chi connectivity index (χ0) is 16.9. The number of hydrogen-bond acceptors (Lipinski definition) is 6. The minimum absolute atomic E-state index is 0.225. The second-order valence-corrected chi connectivity index (χ2v) is 6.87. The molecule has 0 spiro atoms. The van der Waals surface area contributed by atoms with Crippen LogP contribution in [0, 0.1) is 0 Å². The van der Waals surface area contributed by atoms with Crippen LogP contribution in [0.4, 0.5) is 0 Å². The van der Waals surface area contributed by atoms with Crippen molar-refractivity contribution in [2.45, 2.75) is 31.8 Å². The van der Waals surface area contributed by atoms with Crippen molar-refractivity contribution in [1.29, 1.82) is 0 Å². The normalized spacial score (nSPS) is 18.5. The van der Waals surface area contributed by atoms with Gasteiger partial charge in [-0.05, 0) is 31.5 Å². The number of methoxy groups -OCH3 is 2. The third-order valence-electron chi connectivity index (χ3n) is 4.52. The van der Waals surface area contributed by atoms with Crippen molar-refractivity contribution in [3.05, 3.63) is 29.3 Å². The maximum atomic E-state index is 9.55. The molecule has 1 aliphatic heterocycles. The molecule has 0 radical (unpaired) electrons. The first-order valence-electron chi connectivity index (χ1n) is 8.27. The molecular formula is C18H24N2O3S. The summed E-state index contributed by atoms with van der Waals surface area (Å²) in [5, 5.41) is 12.6. The number of rotatable bonds is 6. The molecule has 130 valence electrons. The smallest absolute Gasteiger partial charge is 0.132 e. The van der Waals surface area contributed by atoms with E-state index < -0.39 is 0 Å². The quantitative estimate of drug-likeness (QED) is 0.869. The summed E-state index contributed by atoms with van der Waals surface area (Å²) < 4.78 is 10.7. The zero-order valence-corrected chi connectivity index (χ0v) is 15.0. The predicted octanol–water partition coefficient (Wildman–Crippen LogP) is 3.17. The number of thiazole rings is 1. The number of benzene rings is 1. The van der Waals surface area contributed by atoms with E-state index in [4.69, 9.17) is 14.5 Å². The third kappa shape index (κ3) is 3.71. The average molecular weight is 348 g/mol. The molecule has 6 heteroatoms. The van der Waals surface area contributed by atoms with Gasteiger partial charge in [-0.1, -0.05) is 6.42 Å². The standard InChI is InChI=1S/C18H24N2O3S/c1-22-15-6-7-16(17(9-15)23-2)18-19-13(12-24-18)10-20-8-4-3-5-14(20)11-21/h6-7,9,12,14,21H,3-5,8,10-11H2,1-2H3. The van der Waals surface area contributed by atoms with Crippen LogP contribution in [-0.2, 0) is 6.54 Å². The summed E-state index contributed by atoms with van der Waals surface area (Å²) in [5.74, 6) is 1.54. The molecule has 1 atom stereocenters. The molecule has 0 saturated carbocycles. The number of nitrogens with zero attached hydrogens (tertiary/aromatic N) is 2. The van der Waals surface area contributed by atoms with Crippen LogP contribution in [0.1, 0.15) is 25.0 Å². The second kappa shape index (κ2) is 7.96. The molecule has 1 aromatic heterocycles. The van der Waals surface area contributed by atoms with Crippen molar-refractivity contribution in [1.82, 2.24) is 9.88 Å². The Bertz CT molecular complexity index is 674.